The molecule has 0 N–H and O–H groups in total. The van der Waals surface area contributed by atoms with Crippen LogP contribution < -0.4 is 0 Å². The van der Waals surface area contributed by atoms with Crippen LogP contribution in [0.3, 0.4) is 0 Å². The van der Waals surface area contributed by atoms with Crippen LogP contribution in [0.2, 0.25) is 0 Å². The lowest BCUT2D eigenvalue weighted by Crippen LogP contribution is -1.85. The van der Waals surface area contributed by atoms with Crippen molar-refractivity contribution in [1.29, 1.82) is 0 Å². The number of aryl methyl sites for hydroxylation is 2. The summed E-state index contributed by atoms with van der Waals surface area (Å²) in [4.78, 5) is 0. The zero-order chi connectivity index (χ0) is 10.8. The predicted molar refractivity (Wildman–Crippen MR) is 67.9 cm³/mol. The van der Waals surface area contributed by atoms with Gasteiger partial charge in [0.25, 0.3) is 0 Å². The number of benzene rings is 2. The van der Waals surface area contributed by atoms with E-state index >= 15 is 0 Å². The fourth-order valence-corrected chi connectivity index (χ4v) is 2.12. The lowest BCUT2D eigenvalue weighted by Gasteiger charge is -2.08. The van der Waals surface area contributed by atoms with Gasteiger partial charge in [-0.25, -0.2) is 0 Å². The van der Waals surface area contributed by atoms with Crippen molar-refractivity contribution in [3.05, 3.63) is 58.1 Å². The normalized spacial score (nSPS) is 10.3. The quantitative estimate of drug-likeness (QED) is 0.706. The molecule has 2 aromatic rings. The van der Waals surface area contributed by atoms with Crippen LogP contribution in [0.15, 0.2) is 40.9 Å². The van der Waals surface area contributed by atoms with E-state index in [2.05, 4.69) is 60.1 Å². The SMILES string of the molecule is Cc1ccc(Br)c(-c2ccc[c]c2C)c1. The molecule has 0 aliphatic rings. The minimum absolute atomic E-state index is 1.14. The molecule has 0 aliphatic carbocycles. The molecule has 75 valence electrons. The van der Waals surface area contributed by atoms with Crippen LogP contribution in [-0.4, -0.2) is 0 Å². The highest BCUT2D eigenvalue weighted by atomic mass is 79.9. The first kappa shape index (κ1) is 10.4. The summed E-state index contributed by atoms with van der Waals surface area (Å²) in [6, 6.07) is 15.7. The van der Waals surface area contributed by atoms with Crippen LogP contribution in [0.25, 0.3) is 11.1 Å². The average molecular weight is 260 g/mol. The number of hydrogen-bond donors (Lipinski definition) is 0. The zero-order valence-corrected chi connectivity index (χ0v) is 10.4. The van der Waals surface area contributed by atoms with E-state index in [1.165, 1.54) is 22.3 Å². The Morgan fingerprint density at radius 3 is 2.60 bits per heavy atom. The number of rotatable bonds is 1. The molecule has 0 unspecified atom stereocenters. The molecule has 0 bridgehead atoms. The molecule has 0 atom stereocenters. The van der Waals surface area contributed by atoms with Crippen molar-refractivity contribution in [2.75, 3.05) is 0 Å². The van der Waals surface area contributed by atoms with Crippen LogP contribution in [0, 0.1) is 19.9 Å². The summed E-state index contributed by atoms with van der Waals surface area (Å²) < 4.78 is 1.14. The topological polar surface area (TPSA) is 0 Å². The van der Waals surface area contributed by atoms with E-state index < -0.39 is 0 Å². The lowest BCUT2D eigenvalue weighted by atomic mass is 9.99. The Labute approximate surface area is 99.1 Å². The Kier molecular flexibility index (Phi) is 2.92. The number of hydrogen-bond acceptors (Lipinski definition) is 0. The fraction of sp³-hybridized carbons (Fsp3) is 0.143. The van der Waals surface area contributed by atoms with Gasteiger partial charge in [-0.2, -0.15) is 0 Å². The lowest BCUT2D eigenvalue weighted by molar-refractivity contribution is 1.41. The molecule has 1 radical (unpaired) electrons. The molecule has 15 heavy (non-hydrogen) atoms. The van der Waals surface area contributed by atoms with E-state index in [-0.39, 0.29) is 0 Å². The summed E-state index contributed by atoms with van der Waals surface area (Å²) in [5, 5.41) is 0. The van der Waals surface area contributed by atoms with Gasteiger partial charge in [0.05, 0.1) is 0 Å². The van der Waals surface area contributed by atoms with Gasteiger partial charge in [0.15, 0.2) is 0 Å². The molecule has 2 aromatic carbocycles. The Morgan fingerprint density at radius 1 is 1.07 bits per heavy atom. The molecule has 2 rings (SSSR count). The van der Waals surface area contributed by atoms with Gasteiger partial charge in [0.1, 0.15) is 0 Å². The van der Waals surface area contributed by atoms with E-state index in [4.69, 9.17) is 0 Å². The third-order valence-corrected chi connectivity index (χ3v) is 3.17. The Bertz CT molecular complexity index is 486. The first-order chi connectivity index (χ1) is 7.18. The molecular formula is C14H12Br. The minimum Gasteiger partial charge on any atom is -0.0610 e. The van der Waals surface area contributed by atoms with Crippen molar-refractivity contribution in [2.45, 2.75) is 13.8 Å². The second-order valence-electron chi connectivity index (χ2n) is 3.69. The maximum atomic E-state index is 3.59. The summed E-state index contributed by atoms with van der Waals surface area (Å²) in [5.74, 6) is 0. The van der Waals surface area contributed by atoms with Crippen molar-refractivity contribution in [1.82, 2.24) is 0 Å². The molecule has 0 saturated carbocycles. The molecule has 0 heterocycles. The third kappa shape index (κ3) is 2.13. The smallest absolute Gasteiger partial charge is 0.0254 e. The van der Waals surface area contributed by atoms with E-state index in [1.54, 1.807) is 0 Å². The maximum Gasteiger partial charge on any atom is 0.0254 e. The highest BCUT2D eigenvalue weighted by Gasteiger charge is 2.05. The van der Waals surface area contributed by atoms with E-state index in [9.17, 15) is 0 Å². The Morgan fingerprint density at radius 2 is 1.87 bits per heavy atom. The average Bonchev–Trinajstić information content (AvgIpc) is 2.23. The van der Waals surface area contributed by atoms with Crippen LogP contribution in [0.5, 0.6) is 0 Å². The van der Waals surface area contributed by atoms with Gasteiger partial charge in [-0.15, -0.1) is 0 Å². The number of halogens is 1. The van der Waals surface area contributed by atoms with Crippen LogP contribution in [0.1, 0.15) is 11.1 Å². The molecule has 0 aliphatic heterocycles. The fourth-order valence-electron chi connectivity index (χ4n) is 1.66. The largest absolute Gasteiger partial charge is 0.0610 e. The highest BCUT2D eigenvalue weighted by Crippen LogP contribution is 2.30. The van der Waals surface area contributed by atoms with Crippen molar-refractivity contribution >= 4 is 15.9 Å². The Hall–Kier alpha value is -1.08. The van der Waals surface area contributed by atoms with Gasteiger partial charge < -0.3 is 0 Å². The maximum absolute atomic E-state index is 3.59. The van der Waals surface area contributed by atoms with E-state index in [1.807, 2.05) is 12.1 Å². The molecule has 0 nitrogen and oxygen atoms in total. The Balaban J connectivity index is 2.64. The van der Waals surface area contributed by atoms with Crippen molar-refractivity contribution in [3.8, 4) is 11.1 Å². The molecule has 0 fully saturated rings. The molecule has 0 saturated heterocycles. The van der Waals surface area contributed by atoms with E-state index in [0.29, 0.717) is 0 Å². The molecule has 0 spiro atoms. The molecule has 0 amide bonds. The molecule has 1 heteroatoms. The summed E-state index contributed by atoms with van der Waals surface area (Å²) >= 11 is 3.59. The first-order valence-electron chi connectivity index (χ1n) is 4.92. The van der Waals surface area contributed by atoms with Crippen LogP contribution >= 0.6 is 15.9 Å². The van der Waals surface area contributed by atoms with E-state index in [0.717, 1.165) is 4.47 Å². The summed E-state index contributed by atoms with van der Waals surface area (Å²) in [7, 11) is 0. The summed E-state index contributed by atoms with van der Waals surface area (Å²) in [6.07, 6.45) is 0. The highest BCUT2D eigenvalue weighted by molar-refractivity contribution is 9.10. The molecular weight excluding hydrogens is 248 g/mol. The van der Waals surface area contributed by atoms with Gasteiger partial charge in [-0.3, -0.25) is 0 Å². The summed E-state index contributed by atoms with van der Waals surface area (Å²) in [5.41, 5.74) is 4.94. The van der Waals surface area contributed by atoms with Crippen LogP contribution in [-0.2, 0) is 0 Å². The standard InChI is InChI=1S/C14H12Br/c1-10-7-8-14(15)13(9-10)12-6-4-3-5-11(12)2/h3-4,6-9H,1-2H3. The summed E-state index contributed by atoms with van der Waals surface area (Å²) in [6.45, 7) is 4.20. The van der Waals surface area contributed by atoms with Gasteiger partial charge in [-0.1, -0.05) is 51.8 Å². The van der Waals surface area contributed by atoms with Gasteiger partial charge in [-0.05, 0) is 42.7 Å². The molecule has 0 aromatic heterocycles. The van der Waals surface area contributed by atoms with Gasteiger partial charge in [0.2, 0.25) is 0 Å². The third-order valence-electron chi connectivity index (χ3n) is 2.47. The monoisotopic (exact) mass is 259 g/mol. The van der Waals surface area contributed by atoms with Crippen molar-refractivity contribution in [3.63, 3.8) is 0 Å². The zero-order valence-electron chi connectivity index (χ0n) is 8.84. The predicted octanol–water partition coefficient (Wildman–Crippen LogP) is 4.53. The second kappa shape index (κ2) is 4.19. The minimum atomic E-state index is 1.14. The van der Waals surface area contributed by atoms with Crippen molar-refractivity contribution < 1.29 is 0 Å². The van der Waals surface area contributed by atoms with Crippen LogP contribution in [0.4, 0.5) is 0 Å². The van der Waals surface area contributed by atoms with Gasteiger partial charge in [0, 0.05) is 4.47 Å². The first-order valence-corrected chi connectivity index (χ1v) is 5.71. The van der Waals surface area contributed by atoms with Gasteiger partial charge >= 0.3 is 0 Å². The van der Waals surface area contributed by atoms with Crippen molar-refractivity contribution in [2.24, 2.45) is 0 Å². The second-order valence-corrected chi connectivity index (χ2v) is 4.55.